The quantitative estimate of drug-likeness (QED) is 0.643. The fraction of sp³-hybridized carbons (Fsp3) is 0.222. The van der Waals surface area contributed by atoms with Crippen molar-refractivity contribution in [2.75, 3.05) is 12.9 Å². The molecule has 0 aliphatic heterocycles. The lowest BCUT2D eigenvalue weighted by atomic mass is 9.98. The summed E-state index contributed by atoms with van der Waals surface area (Å²) in [7, 11) is 3.37. The maximum Gasteiger partial charge on any atom is 0.231 e. The van der Waals surface area contributed by atoms with Gasteiger partial charge >= 0.3 is 0 Å². The number of rotatable bonds is 7. The van der Waals surface area contributed by atoms with Crippen molar-refractivity contribution in [3.05, 3.63) is 65.7 Å². The van der Waals surface area contributed by atoms with Crippen molar-refractivity contribution in [2.45, 2.75) is 11.2 Å². The van der Waals surface area contributed by atoms with Crippen LogP contribution in [0.15, 0.2) is 59.8 Å². The lowest BCUT2D eigenvalue weighted by Gasteiger charge is -2.20. The van der Waals surface area contributed by atoms with Gasteiger partial charge in [-0.15, -0.1) is 5.10 Å². The molecule has 134 valence electrons. The molecule has 0 spiro atoms. The summed E-state index contributed by atoms with van der Waals surface area (Å²) in [6.45, 7) is 0. The van der Waals surface area contributed by atoms with Crippen molar-refractivity contribution in [3.8, 4) is 5.75 Å². The molecule has 1 atom stereocenters. The Balaban J connectivity index is 1.75. The largest absolute Gasteiger partial charge is 0.497 e. The monoisotopic (exact) mass is 369 g/mol. The van der Waals surface area contributed by atoms with E-state index in [2.05, 4.69) is 20.8 Å². The van der Waals surface area contributed by atoms with Gasteiger partial charge in [-0.05, 0) is 33.7 Å². The predicted molar refractivity (Wildman–Crippen MR) is 98.9 cm³/mol. The van der Waals surface area contributed by atoms with Crippen molar-refractivity contribution >= 4 is 17.7 Å². The van der Waals surface area contributed by atoms with E-state index in [1.54, 1.807) is 14.2 Å². The van der Waals surface area contributed by atoms with E-state index in [4.69, 9.17) is 4.74 Å². The summed E-state index contributed by atoms with van der Waals surface area (Å²) in [4.78, 5) is 12.5. The van der Waals surface area contributed by atoms with Crippen LogP contribution in [0.2, 0.25) is 0 Å². The highest BCUT2D eigenvalue weighted by Crippen LogP contribution is 2.24. The molecule has 0 saturated heterocycles. The first kappa shape index (κ1) is 17.9. The molecule has 26 heavy (non-hydrogen) atoms. The second kappa shape index (κ2) is 8.48. The first-order chi connectivity index (χ1) is 12.7. The third-order valence-corrected chi connectivity index (χ3v) is 4.81. The molecule has 0 unspecified atom stereocenters. The SMILES string of the molecule is COc1ccc([C@H](NC(=O)CSc2nnnn2C)c2ccccc2)cc1. The number of thioether (sulfide) groups is 1. The number of tetrazole rings is 1. The fourth-order valence-corrected chi connectivity index (χ4v) is 3.14. The highest BCUT2D eigenvalue weighted by Gasteiger charge is 2.17. The van der Waals surface area contributed by atoms with Gasteiger partial charge in [0.05, 0.1) is 18.9 Å². The summed E-state index contributed by atoms with van der Waals surface area (Å²) in [6, 6.07) is 17.3. The van der Waals surface area contributed by atoms with E-state index in [0.29, 0.717) is 5.16 Å². The van der Waals surface area contributed by atoms with Gasteiger partial charge in [0.2, 0.25) is 11.1 Å². The van der Waals surface area contributed by atoms with E-state index in [1.807, 2.05) is 54.6 Å². The number of carbonyl (C=O) groups excluding carboxylic acids is 1. The van der Waals surface area contributed by atoms with E-state index in [-0.39, 0.29) is 17.7 Å². The second-order valence-corrected chi connectivity index (χ2v) is 6.50. The molecule has 3 rings (SSSR count). The average Bonchev–Trinajstić information content (AvgIpc) is 3.10. The molecule has 0 fully saturated rings. The Hall–Kier alpha value is -2.87. The number of nitrogens with one attached hydrogen (secondary N) is 1. The van der Waals surface area contributed by atoms with Crippen molar-refractivity contribution in [2.24, 2.45) is 7.05 Å². The smallest absolute Gasteiger partial charge is 0.231 e. The Morgan fingerprint density at radius 2 is 1.85 bits per heavy atom. The van der Waals surface area contributed by atoms with Crippen molar-refractivity contribution in [1.29, 1.82) is 0 Å². The summed E-state index contributed by atoms with van der Waals surface area (Å²) in [5.74, 6) is 0.910. The fourth-order valence-electron chi connectivity index (χ4n) is 2.48. The molecule has 3 aromatic rings. The summed E-state index contributed by atoms with van der Waals surface area (Å²) >= 11 is 1.30. The van der Waals surface area contributed by atoms with E-state index >= 15 is 0 Å². The van der Waals surface area contributed by atoms with Gasteiger partial charge in [0.15, 0.2) is 0 Å². The van der Waals surface area contributed by atoms with Gasteiger partial charge < -0.3 is 10.1 Å². The standard InChI is InChI=1S/C18H19N5O2S/c1-23-18(20-21-22-23)26-12-16(24)19-17(13-6-4-3-5-7-13)14-8-10-15(25-2)11-9-14/h3-11,17H,12H2,1-2H3,(H,19,24)/t17-/m1/s1. The van der Waals surface area contributed by atoms with Crippen LogP contribution in [0.1, 0.15) is 17.2 Å². The number of nitrogens with zero attached hydrogens (tertiary/aromatic N) is 4. The number of hydrogen-bond donors (Lipinski definition) is 1. The van der Waals surface area contributed by atoms with E-state index in [9.17, 15) is 4.79 Å². The second-order valence-electron chi connectivity index (χ2n) is 5.56. The molecule has 1 amide bonds. The molecule has 1 heterocycles. The number of methoxy groups -OCH3 is 1. The van der Waals surface area contributed by atoms with Gasteiger partial charge in [-0.2, -0.15) is 0 Å². The van der Waals surface area contributed by atoms with Crippen LogP contribution in [0, 0.1) is 0 Å². The van der Waals surface area contributed by atoms with Crippen LogP contribution in [0.25, 0.3) is 0 Å². The van der Waals surface area contributed by atoms with Crippen molar-refractivity contribution in [1.82, 2.24) is 25.5 Å². The normalized spacial score (nSPS) is 11.8. The van der Waals surface area contributed by atoms with E-state index in [1.165, 1.54) is 16.4 Å². The zero-order chi connectivity index (χ0) is 18.4. The van der Waals surface area contributed by atoms with Crippen LogP contribution in [0.4, 0.5) is 0 Å². The maximum absolute atomic E-state index is 12.5. The molecular weight excluding hydrogens is 350 g/mol. The first-order valence-electron chi connectivity index (χ1n) is 8.01. The van der Waals surface area contributed by atoms with E-state index in [0.717, 1.165) is 16.9 Å². The van der Waals surface area contributed by atoms with E-state index < -0.39 is 0 Å². The lowest BCUT2D eigenvalue weighted by molar-refractivity contribution is -0.119. The molecule has 0 aliphatic rings. The number of amides is 1. The molecule has 7 nitrogen and oxygen atoms in total. The van der Waals surface area contributed by atoms with Gasteiger partial charge in [0.25, 0.3) is 0 Å². The van der Waals surface area contributed by atoms with Gasteiger partial charge in [-0.1, -0.05) is 54.2 Å². The summed E-state index contributed by atoms with van der Waals surface area (Å²) in [6.07, 6.45) is 0. The lowest BCUT2D eigenvalue weighted by Crippen LogP contribution is -2.30. The maximum atomic E-state index is 12.5. The summed E-state index contributed by atoms with van der Waals surface area (Å²) in [5, 5.41) is 14.9. The average molecular weight is 369 g/mol. The van der Waals surface area contributed by atoms with Crippen molar-refractivity contribution < 1.29 is 9.53 Å². The number of ether oxygens (including phenoxy) is 1. The summed E-state index contributed by atoms with van der Waals surface area (Å²) in [5.41, 5.74) is 1.99. The minimum atomic E-state index is -0.243. The molecule has 0 bridgehead atoms. The molecule has 2 aromatic carbocycles. The third-order valence-electron chi connectivity index (χ3n) is 3.80. The Morgan fingerprint density at radius 3 is 2.46 bits per heavy atom. The minimum absolute atomic E-state index is 0.0947. The molecule has 1 aromatic heterocycles. The molecule has 1 N–H and O–H groups in total. The van der Waals surface area contributed by atoms with Crippen LogP contribution in [-0.4, -0.2) is 39.0 Å². The Labute approximate surface area is 155 Å². The van der Waals surface area contributed by atoms with Gasteiger partial charge in [0, 0.05) is 7.05 Å². The molecule has 0 saturated carbocycles. The number of aromatic nitrogens is 4. The zero-order valence-corrected chi connectivity index (χ0v) is 15.3. The molecule has 0 radical (unpaired) electrons. The van der Waals surface area contributed by atoms with Crippen molar-refractivity contribution in [3.63, 3.8) is 0 Å². The first-order valence-corrected chi connectivity index (χ1v) is 8.99. The number of carbonyl (C=O) groups is 1. The third kappa shape index (κ3) is 4.40. The summed E-state index contributed by atoms with van der Waals surface area (Å²) < 4.78 is 6.75. The molecule has 8 heteroatoms. The minimum Gasteiger partial charge on any atom is -0.497 e. The van der Waals surface area contributed by atoms with Crippen LogP contribution < -0.4 is 10.1 Å². The Morgan fingerprint density at radius 1 is 1.15 bits per heavy atom. The predicted octanol–water partition coefficient (Wildman–Crippen LogP) is 2.22. The molecular formula is C18H19N5O2S. The van der Waals surface area contributed by atoms with Gasteiger partial charge in [-0.3, -0.25) is 4.79 Å². The number of hydrogen-bond acceptors (Lipinski definition) is 6. The highest BCUT2D eigenvalue weighted by atomic mass is 32.2. The highest BCUT2D eigenvalue weighted by molar-refractivity contribution is 7.99. The van der Waals surface area contributed by atoms with Crippen LogP contribution >= 0.6 is 11.8 Å². The van der Waals surface area contributed by atoms with Crippen LogP contribution in [-0.2, 0) is 11.8 Å². The molecule has 0 aliphatic carbocycles. The topological polar surface area (TPSA) is 81.9 Å². The Kier molecular flexibility index (Phi) is 5.85. The van der Waals surface area contributed by atoms with Crippen LogP contribution in [0.5, 0.6) is 5.75 Å². The Bertz CT molecular complexity index is 852. The zero-order valence-electron chi connectivity index (χ0n) is 14.5. The number of benzene rings is 2. The van der Waals surface area contributed by atoms with Gasteiger partial charge in [-0.25, -0.2) is 4.68 Å². The number of aryl methyl sites for hydroxylation is 1. The van der Waals surface area contributed by atoms with Gasteiger partial charge in [0.1, 0.15) is 5.75 Å². The van der Waals surface area contributed by atoms with Crippen LogP contribution in [0.3, 0.4) is 0 Å².